The highest BCUT2D eigenvalue weighted by Crippen LogP contribution is 2.26. The summed E-state index contributed by atoms with van der Waals surface area (Å²) >= 11 is 0. The lowest BCUT2D eigenvalue weighted by Crippen LogP contribution is -2.63. The first-order valence-electron chi connectivity index (χ1n) is 6.81. The summed E-state index contributed by atoms with van der Waals surface area (Å²) in [4.78, 5) is 13.5. The van der Waals surface area contributed by atoms with Gasteiger partial charge in [0.15, 0.2) is 0 Å². The van der Waals surface area contributed by atoms with Gasteiger partial charge in [0, 0.05) is 6.42 Å². The maximum absolute atomic E-state index is 11.7. The van der Waals surface area contributed by atoms with Crippen LogP contribution in [0.3, 0.4) is 0 Å². The second kappa shape index (κ2) is 6.97. The molecule has 0 spiro atoms. The number of carbonyl (C=O) groups excluding carboxylic acids is 1. The van der Waals surface area contributed by atoms with E-state index in [1.165, 1.54) is 0 Å². The third-order valence-electron chi connectivity index (χ3n) is 3.38. The molecule has 1 aliphatic rings. The lowest BCUT2D eigenvalue weighted by atomic mass is 9.89. The molecule has 1 saturated heterocycles. The number of unbranched alkanes of at least 4 members (excludes halogenated alkanes) is 3. The molecule has 0 radical (unpaired) electrons. The predicted octanol–water partition coefficient (Wildman–Crippen LogP) is 1.27. The predicted molar refractivity (Wildman–Crippen MR) is 68.6 cm³/mol. The smallest absolute Gasteiger partial charge is 0.222 e. The van der Waals surface area contributed by atoms with E-state index in [2.05, 4.69) is 6.92 Å². The molecule has 4 nitrogen and oxygen atoms in total. The number of amides is 1. The average molecular weight is 242 g/mol. The molecule has 0 bridgehead atoms. The highest BCUT2D eigenvalue weighted by atomic mass is 16.3. The average Bonchev–Trinajstić information content (AvgIpc) is 2.25. The summed E-state index contributed by atoms with van der Waals surface area (Å²) in [6.45, 7) is 3.86. The zero-order valence-corrected chi connectivity index (χ0v) is 11.0. The summed E-state index contributed by atoms with van der Waals surface area (Å²) < 4.78 is 0. The van der Waals surface area contributed by atoms with Gasteiger partial charge in [-0.15, -0.1) is 0 Å². The Morgan fingerprint density at radius 3 is 2.53 bits per heavy atom. The Kier molecular flexibility index (Phi) is 5.92. The van der Waals surface area contributed by atoms with Crippen LogP contribution in [0.4, 0.5) is 0 Å². The fraction of sp³-hybridized carbons (Fsp3) is 0.923. The van der Waals surface area contributed by atoms with E-state index >= 15 is 0 Å². The number of likely N-dealkylation sites (tertiary alicyclic amines) is 1. The summed E-state index contributed by atoms with van der Waals surface area (Å²) in [6, 6.07) is 0. The van der Waals surface area contributed by atoms with Gasteiger partial charge in [-0.2, -0.15) is 0 Å². The van der Waals surface area contributed by atoms with Gasteiger partial charge < -0.3 is 15.7 Å². The van der Waals surface area contributed by atoms with Crippen LogP contribution in [0.5, 0.6) is 0 Å². The molecule has 0 aromatic carbocycles. The van der Waals surface area contributed by atoms with Crippen molar-refractivity contribution in [1.29, 1.82) is 0 Å². The van der Waals surface area contributed by atoms with Crippen LogP contribution in [0, 0.1) is 0 Å². The van der Waals surface area contributed by atoms with Crippen molar-refractivity contribution in [2.75, 3.05) is 19.6 Å². The topological polar surface area (TPSA) is 66.6 Å². The van der Waals surface area contributed by atoms with Crippen LogP contribution in [-0.4, -0.2) is 41.1 Å². The van der Waals surface area contributed by atoms with Gasteiger partial charge in [-0.3, -0.25) is 4.79 Å². The molecule has 0 aliphatic carbocycles. The SMILES string of the molecule is CCCC1(O)CN(C(=O)CCCCCCN)C1. The lowest BCUT2D eigenvalue weighted by molar-refractivity contribution is -0.156. The Labute approximate surface area is 104 Å². The molecule has 17 heavy (non-hydrogen) atoms. The molecule has 0 aromatic heterocycles. The second-order valence-electron chi connectivity index (χ2n) is 5.18. The maximum Gasteiger partial charge on any atom is 0.222 e. The Hall–Kier alpha value is -0.610. The molecule has 0 saturated carbocycles. The number of aliphatic hydroxyl groups is 1. The fourth-order valence-corrected chi connectivity index (χ4v) is 2.40. The third-order valence-corrected chi connectivity index (χ3v) is 3.38. The van der Waals surface area contributed by atoms with Crippen molar-refractivity contribution < 1.29 is 9.90 Å². The van der Waals surface area contributed by atoms with Crippen molar-refractivity contribution in [1.82, 2.24) is 4.90 Å². The number of rotatable bonds is 8. The van der Waals surface area contributed by atoms with Gasteiger partial charge in [-0.1, -0.05) is 26.2 Å². The van der Waals surface area contributed by atoms with E-state index in [1.54, 1.807) is 4.90 Å². The quantitative estimate of drug-likeness (QED) is 0.630. The maximum atomic E-state index is 11.7. The third kappa shape index (κ3) is 4.64. The number of carbonyl (C=O) groups is 1. The molecule has 4 heteroatoms. The van der Waals surface area contributed by atoms with Crippen molar-refractivity contribution in [2.24, 2.45) is 5.73 Å². The van der Waals surface area contributed by atoms with Crippen molar-refractivity contribution in [2.45, 2.75) is 57.5 Å². The molecular weight excluding hydrogens is 216 g/mol. The van der Waals surface area contributed by atoms with Gasteiger partial charge in [0.1, 0.15) is 0 Å². The number of β-amino-alcohol motifs (C(OH)–C–C–N with tert-alkyl or cyclic N) is 1. The van der Waals surface area contributed by atoms with Gasteiger partial charge in [0.2, 0.25) is 5.91 Å². The summed E-state index contributed by atoms with van der Waals surface area (Å²) in [6.07, 6.45) is 6.58. The van der Waals surface area contributed by atoms with Crippen molar-refractivity contribution in [3.05, 3.63) is 0 Å². The number of hydrogen-bond acceptors (Lipinski definition) is 3. The summed E-state index contributed by atoms with van der Waals surface area (Å²) in [5.74, 6) is 0.193. The Bertz CT molecular complexity index is 238. The van der Waals surface area contributed by atoms with E-state index in [9.17, 15) is 9.90 Å². The van der Waals surface area contributed by atoms with Gasteiger partial charge in [-0.05, 0) is 25.8 Å². The molecule has 1 amide bonds. The lowest BCUT2D eigenvalue weighted by Gasteiger charge is -2.46. The fourth-order valence-electron chi connectivity index (χ4n) is 2.40. The van der Waals surface area contributed by atoms with Gasteiger partial charge >= 0.3 is 0 Å². The molecule has 0 aromatic rings. The highest BCUT2D eigenvalue weighted by molar-refractivity contribution is 5.77. The van der Waals surface area contributed by atoms with Crippen molar-refractivity contribution >= 4 is 5.91 Å². The monoisotopic (exact) mass is 242 g/mol. The minimum atomic E-state index is -0.593. The van der Waals surface area contributed by atoms with Gasteiger partial charge in [0.05, 0.1) is 18.7 Å². The minimum Gasteiger partial charge on any atom is -0.386 e. The molecule has 0 atom stereocenters. The van der Waals surface area contributed by atoms with Crippen molar-refractivity contribution in [3.63, 3.8) is 0 Å². The van der Waals surface area contributed by atoms with Crippen LogP contribution < -0.4 is 5.73 Å². The summed E-state index contributed by atoms with van der Waals surface area (Å²) in [7, 11) is 0. The molecule has 3 N–H and O–H groups in total. The van der Waals surface area contributed by atoms with E-state index in [0.29, 0.717) is 19.5 Å². The van der Waals surface area contributed by atoms with E-state index in [0.717, 1.165) is 45.1 Å². The van der Waals surface area contributed by atoms with Crippen LogP contribution in [0.25, 0.3) is 0 Å². The summed E-state index contributed by atoms with van der Waals surface area (Å²) in [5.41, 5.74) is 4.81. The first kappa shape index (κ1) is 14.5. The number of nitrogens with two attached hydrogens (primary N) is 1. The highest BCUT2D eigenvalue weighted by Gasteiger charge is 2.42. The van der Waals surface area contributed by atoms with Crippen LogP contribution in [0.1, 0.15) is 51.9 Å². The molecule has 1 aliphatic heterocycles. The zero-order chi connectivity index (χ0) is 12.7. The van der Waals surface area contributed by atoms with Crippen LogP contribution in [0.2, 0.25) is 0 Å². The molecule has 1 heterocycles. The van der Waals surface area contributed by atoms with Crippen LogP contribution in [-0.2, 0) is 4.79 Å². The van der Waals surface area contributed by atoms with E-state index in [4.69, 9.17) is 5.73 Å². The van der Waals surface area contributed by atoms with E-state index in [-0.39, 0.29) is 5.91 Å². The van der Waals surface area contributed by atoms with E-state index < -0.39 is 5.60 Å². The Morgan fingerprint density at radius 1 is 1.29 bits per heavy atom. The largest absolute Gasteiger partial charge is 0.386 e. The Balaban J connectivity index is 2.07. The summed E-state index contributed by atoms with van der Waals surface area (Å²) in [5, 5.41) is 9.96. The number of hydrogen-bond donors (Lipinski definition) is 2. The van der Waals surface area contributed by atoms with E-state index in [1.807, 2.05) is 0 Å². The number of nitrogens with zero attached hydrogens (tertiary/aromatic N) is 1. The standard InChI is InChI=1S/C13H26N2O2/c1-2-8-13(17)10-15(11-13)12(16)7-5-3-4-6-9-14/h17H,2-11,14H2,1H3. The molecule has 100 valence electrons. The minimum absolute atomic E-state index is 0.193. The zero-order valence-electron chi connectivity index (χ0n) is 11.0. The van der Waals surface area contributed by atoms with Crippen molar-refractivity contribution in [3.8, 4) is 0 Å². The first-order valence-corrected chi connectivity index (χ1v) is 6.81. The molecule has 1 fully saturated rings. The van der Waals surface area contributed by atoms with Gasteiger partial charge in [0.25, 0.3) is 0 Å². The molecular formula is C13H26N2O2. The van der Waals surface area contributed by atoms with Crippen LogP contribution >= 0.6 is 0 Å². The second-order valence-corrected chi connectivity index (χ2v) is 5.18. The normalized spacial score (nSPS) is 17.9. The van der Waals surface area contributed by atoms with Gasteiger partial charge in [-0.25, -0.2) is 0 Å². The molecule has 1 rings (SSSR count). The first-order chi connectivity index (χ1) is 8.11. The molecule has 0 unspecified atom stereocenters. The Morgan fingerprint density at radius 2 is 1.94 bits per heavy atom. The van der Waals surface area contributed by atoms with Crippen LogP contribution in [0.15, 0.2) is 0 Å².